The number of esters is 2. The van der Waals surface area contributed by atoms with Gasteiger partial charge in [-0.1, -0.05) is 154 Å². The highest BCUT2D eigenvalue weighted by Gasteiger charge is 2.27. The molecule has 0 aromatic carbocycles. The van der Waals surface area contributed by atoms with E-state index >= 15 is 0 Å². The Hall–Kier alpha value is -1.29. The third-order valence-corrected chi connectivity index (χ3v) is 9.87. The van der Waals surface area contributed by atoms with E-state index in [1.165, 1.54) is 109 Å². The smallest absolute Gasteiger partial charge is 0.462 e. The van der Waals surface area contributed by atoms with Crippen LogP contribution in [0.4, 0.5) is 0 Å². The van der Waals surface area contributed by atoms with Gasteiger partial charge in [0.2, 0.25) is 0 Å². The van der Waals surface area contributed by atoms with Crippen molar-refractivity contribution in [2.75, 3.05) is 26.4 Å². The predicted molar refractivity (Wildman–Crippen MR) is 205 cm³/mol. The summed E-state index contributed by atoms with van der Waals surface area (Å²) in [5, 5.41) is 18.3. The SMILES string of the molecule is CCCCCCCC/C=C/CCCCCC(=O)OC[C@H](COP(=O)(O)OC[C@@H](O)CO)OC(=O)CCCCCCCCCCCCCCCCC. The molecule has 51 heavy (non-hydrogen) atoms. The minimum atomic E-state index is -4.61. The maximum absolute atomic E-state index is 12.6. The van der Waals surface area contributed by atoms with Crippen LogP contribution in [0.3, 0.4) is 0 Å². The van der Waals surface area contributed by atoms with Gasteiger partial charge in [-0.05, 0) is 38.5 Å². The summed E-state index contributed by atoms with van der Waals surface area (Å²) < 4.78 is 32.6. The van der Waals surface area contributed by atoms with Gasteiger partial charge in [0.1, 0.15) is 12.7 Å². The first kappa shape index (κ1) is 49.7. The molecular formula is C40H77O10P. The third kappa shape index (κ3) is 36.8. The van der Waals surface area contributed by atoms with E-state index in [-0.39, 0.29) is 19.4 Å². The summed E-state index contributed by atoms with van der Waals surface area (Å²) in [6.45, 7) is 2.37. The molecule has 3 atom stereocenters. The predicted octanol–water partition coefficient (Wildman–Crippen LogP) is 10.4. The van der Waals surface area contributed by atoms with Crippen LogP contribution in [0.15, 0.2) is 12.2 Å². The molecule has 0 aliphatic carbocycles. The molecule has 0 amide bonds. The molecule has 0 radical (unpaired) electrons. The molecule has 0 saturated heterocycles. The van der Waals surface area contributed by atoms with Gasteiger partial charge in [0.15, 0.2) is 6.10 Å². The van der Waals surface area contributed by atoms with E-state index in [4.69, 9.17) is 19.1 Å². The highest BCUT2D eigenvalue weighted by atomic mass is 31.2. The van der Waals surface area contributed by atoms with Crippen LogP contribution >= 0.6 is 7.82 Å². The molecule has 0 saturated carbocycles. The molecule has 11 heteroatoms. The number of allylic oxidation sites excluding steroid dienone is 2. The number of hydrogen-bond donors (Lipinski definition) is 3. The van der Waals surface area contributed by atoms with Crippen molar-refractivity contribution in [3.63, 3.8) is 0 Å². The fourth-order valence-corrected chi connectivity index (χ4v) is 6.48. The Bertz CT molecular complexity index is 868. The lowest BCUT2D eigenvalue weighted by Gasteiger charge is -2.20. The number of phosphoric ester groups is 1. The lowest BCUT2D eigenvalue weighted by atomic mass is 10.0. The van der Waals surface area contributed by atoms with E-state index < -0.39 is 51.8 Å². The number of aliphatic hydroxyl groups is 2. The van der Waals surface area contributed by atoms with Crippen molar-refractivity contribution in [2.24, 2.45) is 0 Å². The molecule has 0 aromatic heterocycles. The summed E-state index contributed by atoms with van der Waals surface area (Å²) >= 11 is 0. The van der Waals surface area contributed by atoms with Crippen LogP contribution in [0.1, 0.15) is 194 Å². The number of aliphatic hydroxyl groups excluding tert-OH is 2. The van der Waals surface area contributed by atoms with Gasteiger partial charge in [0, 0.05) is 12.8 Å². The second-order valence-electron chi connectivity index (χ2n) is 14.0. The number of unbranched alkanes of at least 4 members (excludes halogenated alkanes) is 23. The molecule has 0 aliphatic heterocycles. The highest BCUT2D eigenvalue weighted by molar-refractivity contribution is 7.47. The number of phosphoric acid groups is 1. The van der Waals surface area contributed by atoms with Crippen LogP contribution in [-0.2, 0) is 32.7 Å². The Morgan fingerprint density at radius 3 is 1.43 bits per heavy atom. The summed E-state index contributed by atoms with van der Waals surface area (Å²) in [6.07, 6.45) is 33.2. The van der Waals surface area contributed by atoms with Crippen LogP contribution in [-0.4, -0.2) is 65.7 Å². The molecule has 10 nitrogen and oxygen atoms in total. The Balaban J connectivity index is 4.32. The zero-order chi connectivity index (χ0) is 37.7. The Kier molecular flexibility index (Phi) is 36.1. The van der Waals surface area contributed by atoms with Crippen molar-refractivity contribution >= 4 is 19.8 Å². The minimum absolute atomic E-state index is 0.187. The van der Waals surface area contributed by atoms with Crippen LogP contribution < -0.4 is 0 Å². The molecule has 1 unspecified atom stereocenters. The van der Waals surface area contributed by atoms with E-state index in [1.54, 1.807) is 0 Å². The van der Waals surface area contributed by atoms with Gasteiger partial charge >= 0.3 is 19.8 Å². The first-order valence-corrected chi connectivity index (χ1v) is 22.1. The first-order valence-electron chi connectivity index (χ1n) is 20.6. The van der Waals surface area contributed by atoms with Crippen molar-refractivity contribution in [2.45, 2.75) is 206 Å². The van der Waals surface area contributed by atoms with E-state index in [0.717, 1.165) is 44.9 Å². The van der Waals surface area contributed by atoms with Crippen LogP contribution in [0, 0.1) is 0 Å². The van der Waals surface area contributed by atoms with Crippen molar-refractivity contribution < 1.29 is 47.8 Å². The van der Waals surface area contributed by atoms with E-state index in [0.29, 0.717) is 12.8 Å². The van der Waals surface area contributed by atoms with Crippen molar-refractivity contribution in [1.82, 2.24) is 0 Å². The second-order valence-corrected chi connectivity index (χ2v) is 15.5. The zero-order valence-electron chi connectivity index (χ0n) is 32.6. The maximum Gasteiger partial charge on any atom is 0.472 e. The monoisotopic (exact) mass is 749 g/mol. The van der Waals surface area contributed by atoms with Gasteiger partial charge in [-0.15, -0.1) is 0 Å². The van der Waals surface area contributed by atoms with Crippen LogP contribution in [0.5, 0.6) is 0 Å². The van der Waals surface area contributed by atoms with Crippen LogP contribution in [0.25, 0.3) is 0 Å². The molecule has 0 fully saturated rings. The number of carbonyl (C=O) groups excluding carboxylic acids is 2. The number of carbonyl (C=O) groups is 2. The number of ether oxygens (including phenoxy) is 2. The van der Waals surface area contributed by atoms with E-state index in [1.807, 2.05) is 0 Å². The quantitative estimate of drug-likeness (QED) is 0.0240. The standard InChI is InChI=1S/C40H77O10P/c1-3-5-7-9-11-13-15-17-18-20-22-24-26-28-30-32-40(44)50-38(36-49-51(45,46)48-34-37(42)33-41)35-47-39(43)31-29-27-25-23-21-19-16-14-12-10-8-6-4-2/h19,21,37-38,41-42H,3-18,20,22-36H2,1-2H3,(H,45,46)/b21-19+/t37-,38+/m0/s1. The van der Waals surface area contributed by atoms with Crippen molar-refractivity contribution in [3.8, 4) is 0 Å². The van der Waals surface area contributed by atoms with Crippen LogP contribution in [0.2, 0.25) is 0 Å². The lowest BCUT2D eigenvalue weighted by molar-refractivity contribution is -0.161. The Morgan fingerprint density at radius 1 is 0.569 bits per heavy atom. The average molecular weight is 749 g/mol. The molecule has 0 rings (SSSR count). The van der Waals surface area contributed by atoms with Gasteiger partial charge in [0.05, 0.1) is 19.8 Å². The van der Waals surface area contributed by atoms with E-state index in [9.17, 15) is 24.2 Å². The molecular weight excluding hydrogens is 671 g/mol. The molecule has 0 aliphatic rings. The van der Waals surface area contributed by atoms with Crippen molar-refractivity contribution in [1.29, 1.82) is 0 Å². The highest BCUT2D eigenvalue weighted by Crippen LogP contribution is 2.43. The molecule has 0 heterocycles. The largest absolute Gasteiger partial charge is 0.472 e. The summed E-state index contributed by atoms with van der Waals surface area (Å²) in [5.74, 6) is -0.935. The van der Waals surface area contributed by atoms with Gasteiger partial charge < -0.3 is 24.6 Å². The van der Waals surface area contributed by atoms with Gasteiger partial charge in [-0.3, -0.25) is 18.6 Å². The molecule has 3 N–H and O–H groups in total. The first-order chi connectivity index (χ1) is 24.7. The minimum Gasteiger partial charge on any atom is -0.462 e. The Morgan fingerprint density at radius 2 is 0.961 bits per heavy atom. The summed E-state index contributed by atoms with van der Waals surface area (Å²) in [6, 6.07) is 0. The Labute approximate surface area is 311 Å². The van der Waals surface area contributed by atoms with E-state index in [2.05, 4.69) is 30.5 Å². The van der Waals surface area contributed by atoms with Gasteiger partial charge in [-0.25, -0.2) is 4.57 Å². The normalized spacial score (nSPS) is 14.1. The lowest BCUT2D eigenvalue weighted by Crippen LogP contribution is -2.29. The molecule has 0 bridgehead atoms. The fraction of sp³-hybridized carbons (Fsp3) is 0.900. The second kappa shape index (κ2) is 37.0. The zero-order valence-corrected chi connectivity index (χ0v) is 33.5. The molecule has 0 spiro atoms. The average Bonchev–Trinajstić information content (AvgIpc) is 3.12. The van der Waals surface area contributed by atoms with Gasteiger partial charge in [-0.2, -0.15) is 0 Å². The summed E-state index contributed by atoms with van der Waals surface area (Å²) in [5.41, 5.74) is 0. The third-order valence-electron chi connectivity index (χ3n) is 8.92. The molecule has 0 aromatic rings. The van der Waals surface area contributed by atoms with Gasteiger partial charge in [0.25, 0.3) is 0 Å². The molecule has 302 valence electrons. The number of hydrogen-bond acceptors (Lipinski definition) is 9. The number of rotatable bonds is 39. The fourth-order valence-electron chi connectivity index (χ4n) is 5.69. The topological polar surface area (TPSA) is 149 Å². The van der Waals surface area contributed by atoms with Crippen molar-refractivity contribution in [3.05, 3.63) is 12.2 Å². The summed E-state index contributed by atoms with van der Waals surface area (Å²) in [7, 11) is -4.61. The summed E-state index contributed by atoms with van der Waals surface area (Å²) in [4.78, 5) is 34.9. The maximum atomic E-state index is 12.6.